The van der Waals surface area contributed by atoms with Gasteiger partial charge in [0, 0.05) is 6.20 Å². The molecular weight excluding hydrogens is 479 g/mol. The SMILES string of the molecule is C[C@@]1(O)[C@H](O)[C@@H](COP(=O)(O)OP(=O)(O)OP(=O)(O)O)O[C@H]1n1ccc(N)nc1=O. The Kier molecular flexibility index (Phi) is 7.14. The highest BCUT2D eigenvalue weighted by molar-refractivity contribution is 7.66. The number of nitrogen functional groups attached to an aromatic ring is 1. The van der Waals surface area contributed by atoms with E-state index in [4.69, 9.17) is 25.2 Å². The van der Waals surface area contributed by atoms with Crippen LogP contribution in [0.3, 0.4) is 0 Å². The van der Waals surface area contributed by atoms with E-state index in [9.17, 15) is 33.6 Å². The summed E-state index contributed by atoms with van der Waals surface area (Å²) in [5.41, 5.74) is 2.28. The fourth-order valence-electron chi connectivity index (χ4n) is 2.45. The molecule has 1 aliphatic heterocycles. The molecule has 172 valence electrons. The minimum atomic E-state index is -5.73. The Hall–Kier alpha value is -1.03. The summed E-state index contributed by atoms with van der Waals surface area (Å²) in [7, 11) is -16.8. The third kappa shape index (κ3) is 6.24. The number of rotatable bonds is 8. The first-order valence-corrected chi connectivity index (χ1v) is 12.1. The molecule has 30 heavy (non-hydrogen) atoms. The van der Waals surface area contributed by atoms with Crippen molar-refractivity contribution in [3.05, 3.63) is 22.7 Å². The molecule has 8 N–H and O–H groups in total. The standard InChI is InChI=1S/C10H18N3O14P3/c1-10(16)7(14)5(25-8(10)13-3-2-6(11)12-9(13)15)4-24-29(20,21)27-30(22,23)26-28(17,18)19/h2-3,5,7-8,14,16H,4H2,1H3,(H,20,21)(H,22,23)(H2,11,12,15)(H2,17,18,19)/t5-,7-,8-,10-/m1/s1. The van der Waals surface area contributed by atoms with Crippen molar-refractivity contribution in [2.45, 2.75) is 31.0 Å². The van der Waals surface area contributed by atoms with E-state index >= 15 is 0 Å². The maximum atomic E-state index is 11.9. The molecule has 2 rings (SSSR count). The molecule has 0 aliphatic carbocycles. The van der Waals surface area contributed by atoms with E-state index in [1.807, 2.05) is 0 Å². The Labute approximate surface area is 167 Å². The molecule has 1 aliphatic rings. The maximum absolute atomic E-state index is 11.9. The Morgan fingerprint density at radius 1 is 1.23 bits per heavy atom. The summed E-state index contributed by atoms with van der Waals surface area (Å²) in [5.74, 6) is -0.126. The zero-order valence-electron chi connectivity index (χ0n) is 14.9. The molecule has 1 aromatic heterocycles. The van der Waals surface area contributed by atoms with E-state index in [2.05, 4.69) is 18.1 Å². The highest BCUT2D eigenvalue weighted by atomic mass is 31.3. The molecule has 0 saturated carbocycles. The Morgan fingerprint density at radius 3 is 2.37 bits per heavy atom. The quantitative estimate of drug-likeness (QED) is 0.195. The van der Waals surface area contributed by atoms with E-state index in [1.165, 1.54) is 6.07 Å². The van der Waals surface area contributed by atoms with Crippen LogP contribution >= 0.6 is 23.5 Å². The Bertz CT molecular complexity index is 990. The summed E-state index contributed by atoms with van der Waals surface area (Å²) in [6.45, 7) is 0.0462. The fourth-order valence-corrected chi connectivity index (χ4v) is 5.48. The van der Waals surface area contributed by atoms with Gasteiger partial charge in [-0.1, -0.05) is 0 Å². The zero-order chi connectivity index (χ0) is 23.1. The zero-order valence-corrected chi connectivity index (χ0v) is 17.5. The number of phosphoric ester groups is 1. The van der Waals surface area contributed by atoms with Gasteiger partial charge in [0.05, 0.1) is 6.61 Å². The lowest BCUT2D eigenvalue weighted by atomic mass is 9.96. The van der Waals surface area contributed by atoms with E-state index in [-0.39, 0.29) is 5.82 Å². The summed E-state index contributed by atoms with van der Waals surface area (Å²) in [5, 5.41) is 20.7. The van der Waals surface area contributed by atoms with Crippen molar-refractivity contribution in [3.8, 4) is 0 Å². The van der Waals surface area contributed by atoms with Gasteiger partial charge in [-0.3, -0.25) is 9.09 Å². The average Bonchev–Trinajstić information content (AvgIpc) is 2.73. The predicted molar refractivity (Wildman–Crippen MR) is 93.3 cm³/mol. The van der Waals surface area contributed by atoms with Gasteiger partial charge in [-0.25, -0.2) is 18.5 Å². The number of aliphatic hydroxyl groups is 2. The number of anilines is 1. The highest BCUT2D eigenvalue weighted by Gasteiger charge is 2.54. The second-order valence-electron chi connectivity index (χ2n) is 6.13. The van der Waals surface area contributed by atoms with Crippen LogP contribution in [0.25, 0.3) is 0 Å². The molecule has 17 nitrogen and oxygen atoms in total. The van der Waals surface area contributed by atoms with Gasteiger partial charge in [0.15, 0.2) is 6.23 Å². The lowest BCUT2D eigenvalue weighted by Gasteiger charge is -2.27. The van der Waals surface area contributed by atoms with Crippen LogP contribution in [-0.2, 0) is 31.6 Å². The van der Waals surface area contributed by atoms with E-state index < -0.39 is 59.8 Å². The minimum Gasteiger partial charge on any atom is -0.387 e. The van der Waals surface area contributed by atoms with Crippen molar-refractivity contribution in [2.75, 3.05) is 12.3 Å². The van der Waals surface area contributed by atoms with E-state index in [0.29, 0.717) is 0 Å². The highest BCUT2D eigenvalue weighted by Crippen LogP contribution is 2.66. The molecule has 0 amide bonds. The Morgan fingerprint density at radius 2 is 1.83 bits per heavy atom. The first-order valence-electron chi connectivity index (χ1n) is 7.62. The molecular formula is C10H18N3O14P3. The van der Waals surface area contributed by atoms with Crippen molar-refractivity contribution in [2.24, 2.45) is 0 Å². The van der Waals surface area contributed by atoms with E-state index in [1.54, 1.807) is 0 Å². The van der Waals surface area contributed by atoms with Crippen LogP contribution in [-0.4, -0.2) is 63.8 Å². The molecule has 2 unspecified atom stereocenters. The van der Waals surface area contributed by atoms with Gasteiger partial charge in [0.1, 0.15) is 23.6 Å². The molecule has 0 spiro atoms. The van der Waals surface area contributed by atoms with Gasteiger partial charge in [-0.2, -0.15) is 13.6 Å². The first-order chi connectivity index (χ1) is 13.4. The molecule has 1 saturated heterocycles. The summed E-state index contributed by atoms with van der Waals surface area (Å²) < 4.78 is 51.1. The van der Waals surface area contributed by atoms with Crippen LogP contribution < -0.4 is 11.4 Å². The average molecular weight is 497 g/mol. The molecule has 0 aromatic carbocycles. The van der Waals surface area contributed by atoms with Gasteiger partial charge >= 0.3 is 29.2 Å². The normalized spacial score (nSPS) is 31.2. The van der Waals surface area contributed by atoms with Crippen molar-refractivity contribution in [1.29, 1.82) is 0 Å². The molecule has 0 bridgehead atoms. The number of ether oxygens (including phenoxy) is 1. The summed E-state index contributed by atoms with van der Waals surface area (Å²) >= 11 is 0. The molecule has 20 heteroatoms. The van der Waals surface area contributed by atoms with Crippen LogP contribution in [0.1, 0.15) is 13.2 Å². The third-order valence-electron chi connectivity index (χ3n) is 3.68. The molecule has 0 radical (unpaired) electrons. The van der Waals surface area contributed by atoms with Crippen LogP contribution in [0.4, 0.5) is 5.82 Å². The number of aliphatic hydroxyl groups excluding tert-OH is 1. The number of hydrogen-bond acceptors (Lipinski definition) is 12. The van der Waals surface area contributed by atoms with Crippen LogP contribution in [0, 0.1) is 0 Å². The monoisotopic (exact) mass is 497 g/mol. The molecule has 1 aromatic rings. The first kappa shape index (κ1) is 25.2. The summed E-state index contributed by atoms with van der Waals surface area (Å²) in [6, 6.07) is 1.20. The second-order valence-corrected chi connectivity index (χ2v) is 10.5. The van der Waals surface area contributed by atoms with Gasteiger partial charge in [-0.15, -0.1) is 0 Å². The summed E-state index contributed by atoms with van der Waals surface area (Å²) in [6.07, 6.45) is -3.80. The lowest BCUT2D eigenvalue weighted by Crippen LogP contribution is -2.46. The predicted octanol–water partition coefficient (Wildman–Crippen LogP) is -1.82. The molecule has 6 atom stereocenters. The number of phosphoric acid groups is 3. The van der Waals surface area contributed by atoms with Crippen molar-refractivity contribution in [3.63, 3.8) is 0 Å². The van der Waals surface area contributed by atoms with Gasteiger partial charge in [-0.05, 0) is 13.0 Å². The van der Waals surface area contributed by atoms with E-state index in [0.717, 1.165) is 17.7 Å². The molecule has 1 fully saturated rings. The van der Waals surface area contributed by atoms with Crippen molar-refractivity contribution < 1.29 is 61.4 Å². The van der Waals surface area contributed by atoms with Crippen LogP contribution in [0.2, 0.25) is 0 Å². The number of hydrogen-bond donors (Lipinski definition) is 7. The van der Waals surface area contributed by atoms with Gasteiger partial charge in [0.2, 0.25) is 0 Å². The van der Waals surface area contributed by atoms with Gasteiger partial charge in [0.25, 0.3) is 0 Å². The molecule has 2 heterocycles. The van der Waals surface area contributed by atoms with Gasteiger partial charge < -0.3 is 40.3 Å². The number of nitrogens with two attached hydrogens (primary N) is 1. The smallest absolute Gasteiger partial charge is 0.387 e. The van der Waals surface area contributed by atoms with Crippen LogP contribution in [0.5, 0.6) is 0 Å². The van der Waals surface area contributed by atoms with Crippen molar-refractivity contribution in [1.82, 2.24) is 9.55 Å². The van der Waals surface area contributed by atoms with Crippen molar-refractivity contribution >= 4 is 29.3 Å². The second kappa shape index (κ2) is 8.48. The minimum absolute atomic E-state index is 0.126. The third-order valence-corrected chi connectivity index (χ3v) is 7.48. The maximum Gasteiger partial charge on any atom is 0.490 e. The Balaban J connectivity index is 2.12. The summed E-state index contributed by atoms with van der Waals surface area (Å²) in [4.78, 5) is 50.8. The topological polar surface area (TPSA) is 270 Å². The van der Waals surface area contributed by atoms with Crippen LogP contribution in [0.15, 0.2) is 17.1 Å². The number of nitrogens with zero attached hydrogens (tertiary/aromatic N) is 2. The lowest BCUT2D eigenvalue weighted by molar-refractivity contribution is -0.0985. The number of aromatic nitrogens is 2. The fraction of sp³-hybridized carbons (Fsp3) is 0.600. The largest absolute Gasteiger partial charge is 0.490 e.